The molecule has 1 heterocycles. The molecule has 0 radical (unpaired) electrons. The number of aldehydes is 1. The molecule has 0 aliphatic heterocycles. The van der Waals surface area contributed by atoms with Gasteiger partial charge in [0.25, 0.3) is 0 Å². The number of nitrogens with zero attached hydrogens (tertiary/aromatic N) is 1. The van der Waals surface area contributed by atoms with Crippen LogP contribution in [0.1, 0.15) is 10.4 Å². The first-order valence-corrected chi connectivity index (χ1v) is 5.15. The highest BCUT2D eigenvalue weighted by molar-refractivity contribution is 5.77. The molecule has 0 bridgehead atoms. The Labute approximate surface area is 99.3 Å². The van der Waals surface area contributed by atoms with Gasteiger partial charge in [-0.3, -0.25) is 4.79 Å². The standard InChI is InChI=1S/C13H12N2O2/c1-17-12-5-3-2-4-11(12)15-13-8-10(9-16)6-7-14-13/h2-9H,1H3,(H,14,15). The summed E-state index contributed by atoms with van der Waals surface area (Å²) in [5, 5.41) is 3.10. The second kappa shape index (κ2) is 5.12. The maximum atomic E-state index is 10.7. The molecule has 0 spiro atoms. The normalized spacial score (nSPS) is 9.71. The number of carbonyl (C=O) groups is 1. The van der Waals surface area contributed by atoms with Crippen LogP contribution in [0.25, 0.3) is 0 Å². The van der Waals surface area contributed by atoms with E-state index in [-0.39, 0.29) is 0 Å². The van der Waals surface area contributed by atoms with Crippen LogP contribution in [-0.4, -0.2) is 18.4 Å². The summed E-state index contributed by atoms with van der Waals surface area (Å²) in [6.45, 7) is 0. The van der Waals surface area contributed by atoms with E-state index in [1.54, 1.807) is 25.4 Å². The molecule has 0 amide bonds. The van der Waals surface area contributed by atoms with Gasteiger partial charge in [-0.25, -0.2) is 4.98 Å². The monoisotopic (exact) mass is 228 g/mol. The van der Waals surface area contributed by atoms with E-state index in [0.717, 1.165) is 17.7 Å². The Kier molecular flexibility index (Phi) is 3.35. The molecule has 17 heavy (non-hydrogen) atoms. The van der Waals surface area contributed by atoms with Crippen molar-refractivity contribution in [1.82, 2.24) is 4.98 Å². The van der Waals surface area contributed by atoms with Crippen LogP contribution in [0.15, 0.2) is 42.6 Å². The number of nitrogens with one attached hydrogen (secondary N) is 1. The van der Waals surface area contributed by atoms with E-state index in [9.17, 15) is 4.79 Å². The lowest BCUT2D eigenvalue weighted by molar-refractivity contribution is 0.112. The van der Waals surface area contributed by atoms with Gasteiger partial charge in [0.1, 0.15) is 17.9 Å². The molecule has 0 unspecified atom stereocenters. The molecular weight excluding hydrogens is 216 g/mol. The highest BCUT2D eigenvalue weighted by Crippen LogP contribution is 2.26. The number of methoxy groups -OCH3 is 1. The summed E-state index contributed by atoms with van der Waals surface area (Å²) >= 11 is 0. The molecule has 0 saturated heterocycles. The second-order valence-corrected chi connectivity index (χ2v) is 3.42. The first kappa shape index (κ1) is 11.1. The Morgan fingerprint density at radius 1 is 1.29 bits per heavy atom. The van der Waals surface area contributed by atoms with Crippen molar-refractivity contribution in [3.05, 3.63) is 48.2 Å². The quantitative estimate of drug-likeness (QED) is 0.817. The molecule has 2 rings (SSSR count). The van der Waals surface area contributed by atoms with Crippen LogP contribution in [0.3, 0.4) is 0 Å². The fraction of sp³-hybridized carbons (Fsp3) is 0.0769. The van der Waals surface area contributed by atoms with Crippen molar-refractivity contribution in [3.8, 4) is 5.75 Å². The minimum absolute atomic E-state index is 0.581. The van der Waals surface area contributed by atoms with E-state index in [2.05, 4.69) is 10.3 Å². The molecule has 1 N–H and O–H groups in total. The fourth-order valence-corrected chi connectivity index (χ4v) is 1.47. The summed E-state index contributed by atoms with van der Waals surface area (Å²) in [7, 11) is 1.61. The number of ether oxygens (including phenoxy) is 1. The Bertz CT molecular complexity index is 526. The number of benzene rings is 1. The first-order chi connectivity index (χ1) is 8.33. The van der Waals surface area contributed by atoms with Gasteiger partial charge in [0.15, 0.2) is 0 Å². The minimum atomic E-state index is 0.581. The number of anilines is 2. The molecular formula is C13H12N2O2. The molecule has 4 nitrogen and oxygen atoms in total. The van der Waals surface area contributed by atoms with Crippen LogP contribution < -0.4 is 10.1 Å². The summed E-state index contributed by atoms with van der Waals surface area (Å²) in [6.07, 6.45) is 2.37. The van der Waals surface area contributed by atoms with Gasteiger partial charge in [-0.05, 0) is 24.3 Å². The van der Waals surface area contributed by atoms with E-state index >= 15 is 0 Å². The zero-order chi connectivity index (χ0) is 12.1. The average Bonchev–Trinajstić information content (AvgIpc) is 2.39. The average molecular weight is 228 g/mol. The van der Waals surface area contributed by atoms with Gasteiger partial charge in [0, 0.05) is 11.8 Å². The zero-order valence-corrected chi connectivity index (χ0v) is 9.38. The second-order valence-electron chi connectivity index (χ2n) is 3.42. The van der Waals surface area contributed by atoms with Crippen LogP contribution in [0.5, 0.6) is 5.75 Å². The van der Waals surface area contributed by atoms with Gasteiger partial charge in [-0.2, -0.15) is 0 Å². The van der Waals surface area contributed by atoms with Gasteiger partial charge in [-0.1, -0.05) is 12.1 Å². The molecule has 0 atom stereocenters. The largest absolute Gasteiger partial charge is 0.495 e. The van der Waals surface area contributed by atoms with Gasteiger partial charge in [-0.15, -0.1) is 0 Å². The number of pyridine rings is 1. The highest BCUT2D eigenvalue weighted by Gasteiger charge is 2.02. The summed E-state index contributed by atoms with van der Waals surface area (Å²) in [4.78, 5) is 14.8. The van der Waals surface area contributed by atoms with Crippen LogP contribution in [0.4, 0.5) is 11.5 Å². The third-order valence-corrected chi connectivity index (χ3v) is 2.29. The Morgan fingerprint density at radius 2 is 2.12 bits per heavy atom. The van der Waals surface area contributed by atoms with E-state index in [0.29, 0.717) is 11.4 Å². The number of hydrogen-bond acceptors (Lipinski definition) is 4. The fourth-order valence-electron chi connectivity index (χ4n) is 1.47. The lowest BCUT2D eigenvalue weighted by Gasteiger charge is -2.10. The van der Waals surface area contributed by atoms with E-state index < -0.39 is 0 Å². The minimum Gasteiger partial charge on any atom is -0.495 e. The lowest BCUT2D eigenvalue weighted by atomic mass is 10.2. The van der Waals surface area contributed by atoms with Crippen molar-refractivity contribution in [3.63, 3.8) is 0 Å². The smallest absolute Gasteiger partial charge is 0.150 e. The van der Waals surface area contributed by atoms with Gasteiger partial charge >= 0.3 is 0 Å². The highest BCUT2D eigenvalue weighted by atomic mass is 16.5. The number of hydrogen-bond donors (Lipinski definition) is 1. The number of aromatic nitrogens is 1. The van der Waals surface area contributed by atoms with Crippen molar-refractivity contribution in [2.75, 3.05) is 12.4 Å². The third kappa shape index (κ3) is 2.60. The van der Waals surface area contributed by atoms with Gasteiger partial charge in [0.2, 0.25) is 0 Å². The molecule has 1 aromatic carbocycles. The summed E-state index contributed by atoms with van der Waals surface area (Å²) < 4.78 is 5.21. The number of rotatable bonds is 4. The van der Waals surface area contributed by atoms with Crippen molar-refractivity contribution in [2.45, 2.75) is 0 Å². The maximum absolute atomic E-state index is 10.7. The predicted molar refractivity (Wildman–Crippen MR) is 65.9 cm³/mol. The van der Waals surface area contributed by atoms with Crippen molar-refractivity contribution in [2.24, 2.45) is 0 Å². The van der Waals surface area contributed by atoms with Crippen LogP contribution in [-0.2, 0) is 0 Å². The molecule has 0 fully saturated rings. The van der Waals surface area contributed by atoms with Crippen LogP contribution >= 0.6 is 0 Å². The van der Waals surface area contributed by atoms with E-state index in [1.807, 2.05) is 24.3 Å². The van der Waals surface area contributed by atoms with Crippen LogP contribution in [0.2, 0.25) is 0 Å². The summed E-state index contributed by atoms with van der Waals surface area (Å²) in [5.41, 5.74) is 1.39. The summed E-state index contributed by atoms with van der Waals surface area (Å²) in [5.74, 6) is 1.34. The summed E-state index contributed by atoms with van der Waals surface area (Å²) in [6, 6.07) is 10.9. The van der Waals surface area contributed by atoms with Crippen molar-refractivity contribution < 1.29 is 9.53 Å². The molecule has 86 valence electrons. The third-order valence-electron chi connectivity index (χ3n) is 2.29. The Morgan fingerprint density at radius 3 is 2.88 bits per heavy atom. The van der Waals surface area contributed by atoms with Crippen molar-refractivity contribution >= 4 is 17.8 Å². The molecule has 4 heteroatoms. The molecule has 0 aliphatic carbocycles. The first-order valence-electron chi connectivity index (χ1n) is 5.15. The van der Waals surface area contributed by atoms with Crippen molar-refractivity contribution in [1.29, 1.82) is 0 Å². The number of carbonyl (C=O) groups excluding carboxylic acids is 1. The topological polar surface area (TPSA) is 51.2 Å². The maximum Gasteiger partial charge on any atom is 0.150 e. The Balaban J connectivity index is 2.27. The zero-order valence-electron chi connectivity index (χ0n) is 9.38. The Hall–Kier alpha value is -2.36. The van der Waals surface area contributed by atoms with Crippen LogP contribution in [0, 0.1) is 0 Å². The van der Waals surface area contributed by atoms with Gasteiger partial charge < -0.3 is 10.1 Å². The van der Waals surface area contributed by atoms with Gasteiger partial charge in [0.05, 0.1) is 12.8 Å². The van der Waals surface area contributed by atoms with E-state index in [4.69, 9.17) is 4.74 Å². The number of para-hydroxylation sites is 2. The molecule has 0 saturated carbocycles. The lowest BCUT2D eigenvalue weighted by Crippen LogP contribution is -1.97. The predicted octanol–water partition coefficient (Wildman–Crippen LogP) is 2.65. The SMILES string of the molecule is COc1ccccc1Nc1cc(C=O)ccn1. The molecule has 2 aromatic rings. The molecule has 1 aromatic heterocycles. The molecule has 0 aliphatic rings. The van der Waals surface area contributed by atoms with E-state index in [1.165, 1.54) is 0 Å².